The van der Waals surface area contributed by atoms with Gasteiger partial charge in [-0.15, -0.1) is 0 Å². The number of aliphatic imine (C=N–C) groups is 1. The van der Waals surface area contributed by atoms with Gasteiger partial charge in [-0.1, -0.05) is 19.1 Å². The van der Waals surface area contributed by atoms with E-state index in [-0.39, 0.29) is 6.10 Å². The third kappa shape index (κ3) is 7.74. The Bertz CT molecular complexity index is 617. The first-order valence-electron chi connectivity index (χ1n) is 10.9. The second-order valence-corrected chi connectivity index (χ2v) is 7.50. The van der Waals surface area contributed by atoms with Crippen molar-refractivity contribution >= 4 is 5.96 Å². The Labute approximate surface area is 176 Å². The molecular formula is C22H39N5O2. The molecule has 0 bridgehead atoms. The molecule has 7 heteroatoms. The van der Waals surface area contributed by atoms with Crippen molar-refractivity contribution in [2.75, 3.05) is 59.5 Å². The van der Waals surface area contributed by atoms with Crippen LogP contribution in [-0.2, 0) is 0 Å². The van der Waals surface area contributed by atoms with Gasteiger partial charge in [0, 0.05) is 38.8 Å². The lowest BCUT2D eigenvalue weighted by molar-refractivity contribution is 0.109. The topological polar surface area (TPSA) is 61.4 Å². The highest BCUT2D eigenvalue weighted by atomic mass is 16.5. The third-order valence-electron chi connectivity index (χ3n) is 5.29. The Morgan fingerprint density at radius 1 is 1.07 bits per heavy atom. The molecule has 1 heterocycles. The first kappa shape index (κ1) is 23.3. The first-order valence-corrected chi connectivity index (χ1v) is 10.9. The Morgan fingerprint density at radius 2 is 1.76 bits per heavy atom. The molecule has 2 atom stereocenters. The van der Waals surface area contributed by atoms with E-state index in [4.69, 9.17) is 14.5 Å². The molecule has 1 aromatic rings. The lowest BCUT2D eigenvalue weighted by Gasteiger charge is -2.37. The fraction of sp³-hybridized carbons (Fsp3) is 0.682. The SMILES string of the molecule is CCNC(=NCC(C)N1CCN(CC)CC1)NCC(C)Oc1ccccc1OC. The van der Waals surface area contributed by atoms with Crippen LogP contribution in [0.1, 0.15) is 27.7 Å². The predicted molar refractivity (Wildman–Crippen MR) is 120 cm³/mol. The van der Waals surface area contributed by atoms with Gasteiger partial charge in [-0.2, -0.15) is 0 Å². The van der Waals surface area contributed by atoms with Gasteiger partial charge in [0.2, 0.25) is 0 Å². The molecule has 1 saturated heterocycles. The molecule has 0 radical (unpaired) electrons. The van der Waals surface area contributed by atoms with Crippen LogP contribution in [0.3, 0.4) is 0 Å². The molecule has 0 amide bonds. The number of rotatable bonds is 10. The molecule has 2 unspecified atom stereocenters. The number of likely N-dealkylation sites (N-methyl/N-ethyl adjacent to an activating group) is 1. The van der Waals surface area contributed by atoms with E-state index in [1.54, 1.807) is 7.11 Å². The molecule has 0 aliphatic carbocycles. The lowest BCUT2D eigenvalue weighted by Crippen LogP contribution is -2.50. The summed E-state index contributed by atoms with van der Waals surface area (Å²) in [6.07, 6.45) is -0.0188. The summed E-state index contributed by atoms with van der Waals surface area (Å²) >= 11 is 0. The Balaban J connectivity index is 1.82. The van der Waals surface area contributed by atoms with Crippen LogP contribution < -0.4 is 20.1 Å². The van der Waals surface area contributed by atoms with Gasteiger partial charge in [0.1, 0.15) is 6.10 Å². The smallest absolute Gasteiger partial charge is 0.191 e. The fourth-order valence-electron chi connectivity index (χ4n) is 3.42. The van der Waals surface area contributed by atoms with E-state index in [9.17, 15) is 0 Å². The highest BCUT2D eigenvalue weighted by Gasteiger charge is 2.20. The van der Waals surface area contributed by atoms with E-state index in [1.165, 1.54) is 0 Å². The minimum absolute atomic E-state index is 0.0188. The maximum atomic E-state index is 6.02. The van der Waals surface area contributed by atoms with Gasteiger partial charge in [0.25, 0.3) is 0 Å². The van der Waals surface area contributed by atoms with Crippen LogP contribution in [0.2, 0.25) is 0 Å². The summed E-state index contributed by atoms with van der Waals surface area (Å²) in [5, 5.41) is 6.73. The normalized spacial score (nSPS) is 18.2. The molecule has 2 N–H and O–H groups in total. The highest BCUT2D eigenvalue weighted by molar-refractivity contribution is 5.79. The van der Waals surface area contributed by atoms with Crippen LogP contribution >= 0.6 is 0 Å². The average Bonchev–Trinajstić information content (AvgIpc) is 2.75. The highest BCUT2D eigenvalue weighted by Crippen LogP contribution is 2.26. The van der Waals surface area contributed by atoms with Gasteiger partial charge in [-0.05, 0) is 39.4 Å². The van der Waals surface area contributed by atoms with E-state index >= 15 is 0 Å². The second kappa shape index (κ2) is 12.5. The number of nitrogens with one attached hydrogen (secondary N) is 2. The van der Waals surface area contributed by atoms with Gasteiger partial charge < -0.3 is 25.0 Å². The van der Waals surface area contributed by atoms with Gasteiger partial charge >= 0.3 is 0 Å². The summed E-state index contributed by atoms with van der Waals surface area (Å²) in [5.41, 5.74) is 0. The summed E-state index contributed by atoms with van der Waals surface area (Å²) in [7, 11) is 1.66. The second-order valence-electron chi connectivity index (χ2n) is 7.50. The van der Waals surface area contributed by atoms with Crippen molar-refractivity contribution in [2.24, 2.45) is 4.99 Å². The van der Waals surface area contributed by atoms with Crippen LogP contribution in [0.25, 0.3) is 0 Å². The number of hydrogen-bond donors (Lipinski definition) is 2. The summed E-state index contributed by atoms with van der Waals surface area (Å²) in [6.45, 7) is 16.6. The Morgan fingerprint density at radius 3 is 2.38 bits per heavy atom. The van der Waals surface area contributed by atoms with Gasteiger partial charge in [0.05, 0.1) is 20.2 Å². The van der Waals surface area contributed by atoms with Crippen molar-refractivity contribution in [1.82, 2.24) is 20.4 Å². The van der Waals surface area contributed by atoms with Crippen molar-refractivity contribution in [3.63, 3.8) is 0 Å². The number of ether oxygens (including phenoxy) is 2. The van der Waals surface area contributed by atoms with E-state index in [2.05, 4.69) is 41.2 Å². The van der Waals surface area contributed by atoms with Gasteiger partial charge in [-0.3, -0.25) is 9.89 Å². The molecular weight excluding hydrogens is 366 g/mol. The summed E-state index contributed by atoms with van der Waals surface area (Å²) in [6, 6.07) is 8.16. The molecule has 0 saturated carbocycles. The number of para-hydroxylation sites is 2. The van der Waals surface area contributed by atoms with E-state index in [0.717, 1.165) is 63.3 Å². The molecule has 1 aliphatic heterocycles. The Kier molecular flexibility index (Phi) is 10.1. The molecule has 1 aromatic carbocycles. The maximum Gasteiger partial charge on any atom is 0.191 e. The van der Waals surface area contributed by atoms with Crippen molar-refractivity contribution in [3.05, 3.63) is 24.3 Å². The molecule has 2 rings (SSSR count). The lowest BCUT2D eigenvalue weighted by atomic mass is 10.2. The molecule has 1 aliphatic rings. The number of guanidine groups is 1. The predicted octanol–water partition coefficient (Wildman–Crippen LogP) is 2.04. The summed E-state index contributed by atoms with van der Waals surface area (Å²) in [5.74, 6) is 2.34. The van der Waals surface area contributed by atoms with Crippen LogP contribution in [0.5, 0.6) is 11.5 Å². The Hall–Kier alpha value is -1.99. The van der Waals surface area contributed by atoms with Crippen LogP contribution in [0.4, 0.5) is 0 Å². The molecule has 1 fully saturated rings. The van der Waals surface area contributed by atoms with Crippen LogP contribution in [0, 0.1) is 0 Å². The van der Waals surface area contributed by atoms with Crippen molar-refractivity contribution in [3.8, 4) is 11.5 Å². The van der Waals surface area contributed by atoms with E-state index in [1.807, 2.05) is 31.2 Å². The third-order valence-corrected chi connectivity index (χ3v) is 5.29. The van der Waals surface area contributed by atoms with E-state index in [0.29, 0.717) is 12.6 Å². The van der Waals surface area contributed by atoms with Gasteiger partial charge in [-0.25, -0.2) is 0 Å². The summed E-state index contributed by atoms with van der Waals surface area (Å²) < 4.78 is 11.4. The number of methoxy groups -OCH3 is 1. The average molecular weight is 406 g/mol. The zero-order valence-corrected chi connectivity index (χ0v) is 18.8. The van der Waals surface area contributed by atoms with E-state index < -0.39 is 0 Å². The number of benzene rings is 1. The fourth-order valence-corrected chi connectivity index (χ4v) is 3.42. The molecule has 7 nitrogen and oxygen atoms in total. The summed E-state index contributed by atoms with van der Waals surface area (Å²) in [4.78, 5) is 9.83. The van der Waals surface area contributed by atoms with Crippen molar-refractivity contribution in [2.45, 2.75) is 39.8 Å². The molecule has 0 spiro atoms. The van der Waals surface area contributed by atoms with Crippen molar-refractivity contribution in [1.29, 1.82) is 0 Å². The largest absolute Gasteiger partial charge is 0.493 e. The number of hydrogen-bond acceptors (Lipinski definition) is 5. The molecule has 164 valence electrons. The first-order chi connectivity index (χ1) is 14.1. The minimum atomic E-state index is -0.0188. The number of nitrogens with zero attached hydrogens (tertiary/aromatic N) is 3. The standard InChI is InChI=1S/C22H39N5O2/c1-6-23-22(24-16-18(3)27-14-12-26(7-2)13-15-27)25-17-19(4)29-21-11-9-8-10-20(21)28-5/h8-11,18-19H,6-7,12-17H2,1-5H3,(H2,23,24,25). The maximum absolute atomic E-state index is 6.02. The number of piperazine rings is 1. The molecule has 29 heavy (non-hydrogen) atoms. The van der Waals surface area contributed by atoms with Crippen LogP contribution in [0.15, 0.2) is 29.3 Å². The van der Waals surface area contributed by atoms with Gasteiger partial charge in [0.15, 0.2) is 17.5 Å². The minimum Gasteiger partial charge on any atom is -0.493 e. The van der Waals surface area contributed by atoms with Crippen LogP contribution in [-0.4, -0.2) is 87.4 Å². The monoisotopic (exact) mass is 405 g/mol. The zero-order chi connectivity index (χ0) is 21.1. The quantitative estimate of drug-likeness (QED) is 0.459. The zero-order valence-electron chi connectivity index (χ0n) is 18.8. The molecule has 0 aromatic heterocycles. The van der Waals surface area contributed by atoms with Crippen molar-refractivity contribution < 1.29 is 9.47 Å².